The first-order chi connectivity index (χ1) is 7.68. The van der Waals surface area contributed by atoms with E-state index >= 15 is 0 Å². The summed E-state index contributed by atoms with van der Waals surface area (Å²) in [6.45, 7) is 7.04. The molecule has 2 saturated heterocycles. The smallest absolute Gasteiger partial charge is 0.226 e. The average Bonchev–Trinajstić information content (AvgIpc) is 2.30. The zero-order chi connectivity index (χ0) is 11.5. The van der Waals surface area contributed by atoms with Gasteiger partial charge in [-0.25, -0.2) is 0 Å². The van der Waals surface area contributed by atoms with Crippen LogP contribution in [0.25, 0.3) is 0 Å². The molecule has 108 valence electrons. The molecule has 0 radical (unpaired) electrons. The number of nitrogens with one attached hydrogen (secondary N) is 1. The van der Waals surface area contributed by atoms with Crippen LogP contribution in [-0.4, -0.2) is 61.5 Å². The van der Waals surface area contributed by atoms with E-state index in [1.807, 2.05) is 0 Å². The molecule has 2 heterocycles. The summed E-state index contributed by atoms with van der Waals surface area (Å²) in [6.07, 6.45) is 2.07. The predicted molar refractivity (Wildman–Crippen MR) is 78.8 cm³/mol. The predicted octanol–water partition coefficient (Wildman–Crippen LogP) is 0.992. The summed E-state index contributed by atoms with van der Waals surface area (Å²) in [5.41, 5.74) is 0. The highest BCUT2D eigenvalue weighted by Gasteiger charge is 2.30. The number of amides is 1. The molecule has 0 aliphatic carbocycles. The van der Waals surface area contributed by atoms with Crippen molar-refractivity contribution < 1.29 is 4.79 Å². The third-order valence-electron chi connectivity index (χ3n) is 3.85. The second-order valence-electron chi connectivity index (χ2n) is 5.16. The fraction of sp³-hybridized carbons (Fsp3) is 0.917. The van der Waals surface area contributed by atoms with E-state index in [4.69, 9.17) is 0 Å². The highest BCUT2D eigenvalue weighted by atomic mass is 35.5. The van der Waals surface area contributed by atoms with E-state index in [0.29, 0.717) is 11.9 Å². The normalized spacial score (nSPS) is 26.1. The van der Waals surface area contributed by atoms with Gasteiger partial charge in [-0.2, -0.15) is 0 Å². The Morgan fingerprint density at radius 1 is 1.17 bits per heavy atom. The van der Waals surface area contributed by atoms with E-state index in [-0.39, 0.29) is 30.7 Å². The monoisotopic (exact) mass is 297 g/mol. The number of carbonyl (C=O) groups excluding carboxylic acids is 1. The molecule has 18 heavy (non-hydrogen) atoms. The molecule has 0 aromatic heterocycles. The van der Waals surface area contributed by atoms with Crippen molar-refractivity contribution in [2.75, 3.05) is 39.8 Å². The van der Waals surface area contributed by atoms with Crippen LogP contribution >= 0.6 is 24.8 Å². The van der Waals surface area contributed by atoms with Crippen LogP contribution in [0.2, 0.25) is 0 Å². The number of piperidine rings is 1. The van der Waals surface area contributed by atoms with E-state index in [0.717, 1.165) is 45.6 Å². The third kappa shape index (κ3) is 4.26. The van der Waals surface area contributed by atoms with Gasteiger partial charge in [0.25, 0.3) is 0 Å². The summed E-state index contributed by atoms with van der Waals surface area (Å²) in [5.74, 6) is 0.666. The molecule has 0 aromatic carbocycles. The zero-order valence-corrected chi connectivity index (χ0v) is 12.9. The number of halogens is 2. The topological polar surface area (TPSA) is 35.6 Å². The van der Waals surface area contributed by atoms with Gasteiger partial charge >= 0.3 is 0 Å². The molecule has 0 spiro atoms. The Hall–Kier alpha value is -0.0300. The number of carbonyl (C=O) groups is 1. The van der Waals surface area contributed by atoms with E-state index in [1.165, 1.54) is 0 Å². The molecule has 0 unspecified atom stereocenters. The van der Waals surface area contributed by atoms with Crippen LogP contribution in [0.3, 0.4) is 0 Å². The van der Waals surface area contributed by atoms with Gasteiger partial charge in [-0.15, -0.1) is 24.8 Å². The van der Waals surface area contributed by atoms with Crippen molar-refractivity contribution in [1.29, 1.82) is 0 Å². The average molecular weight is 298 g/mol. The minimum Gasteiger partial charge on any atom is -0.337 e. The Balaban J connectivity index is 0.00000144. The molecular weight excluding hydrogens is 273 g/mol. The summed E-state index contributed by atoms with van der Waals surface area (Å²) < 4.78 is 0. The number of likely N-dealkylation sites (tertiary alicyclic amines) is 1. The fourth-order valence-corrected chi connectivity index (χ4v) is 2.66. The molecule has 0 bridgehead atoms. The van der Waals surface area contributed by atoms with Gasteiger partial charge in [-0.1, -0.05) is 0 Å². The van der Waals surface area contributed by atoms with Crippen LogP contribution in [-0.2, 0) is 4.79 Å². The molecule has 0 aromatic rings. The van der Waals surface area contributed by atoms with Gasteiger partial charge in [-0.05, 0) is 39.9 Å². The standard InChI is InChI=1S/C12H23N3O.2ClH/c1-10-9-13-5-8-15(10)12(16)11-3-6-14(2)7-4-11;;/h10-11,13H,3-9H2,1-2H3;2*1H/t10-;;/m0../s1. The highest BCUT2D eigenvalue weighted by molar-refractivity contribution is 5.85. The van der Waals surface area contributed by atoms with Crippen LogP contribution in [0.15, 0.2) is 0 Å². The maximum atomic E-state index is 12.3. The minimum atomic E-state index is 0. The summed E-state index contributed by atoms with van der Waals surface area (Å²) >= 11 is 0. The van der Waals surface area contributed by atoms with Crippen molar-refractivity contribution in [1.82, 2.24) is 15.1 Å². The third-order valence-corrected chi connectivity index (χ3v) is 3.85. The van der Waals surface area contributed by atoms with Gasteiger partial charge in [-0.3, -0.25) is 4.79 Å². The van der Waals surface area contributed by atoms with E-state index < -0.39 is 0 Å². The molecule has 2 fully saturated rings. The lowest BCUT2D eigenvalue weighted by Crippen LogP contribution is -2.54. The van der Waals surface area contributed by atoms with Crippen molar-refractivity contribution in [3.63, 3.8) is 0 Å². The van der Waals surface area contributed by atoms with Gasteiger partial charge in [0.05, 0.1) is 0 Å². The Kier molecular flexibility index (Phi) is 8.19. The first kappa shape index (κ1) is 18.0. The maximum Gasteiger partial charge on any atom is 0.226 e. The van der Waals surface area contributed by atoms with Crippen molar-refractivity contribution in [3.8, 4) is 0 Å². The van der Waals surface area contributed by atoms with Crippen molar-refractivity contribution >= 4 is 30.7 Å². The number of nitrogens with zero attached hydrogens (tertiary/aromatic N) is 2. The molecular formula is C12H25Cl2N3O. The first-order valence-electron chi connectivity index (χ1n) is 6.38. The van der Waals surface area contributed by atoms with Crippen molar-refractivity contribution in [2.24, 2.45) is 5.92 Å². The van der Waals surface area contributed by atoms with Gasteiger partial charge in [0.1, 0.15) is 0 Å². The number of hydrogen-bond donors (Lipinski definition) is 1. The lowest BCUT2D eigenvalue weighted by Gasteiger charge is -2.38. The van der Waals surface area contributed by atoms with Gasteiger partial charge < -0.3 is 15.1 Å². The molecule has 2 aliphatic rings. The minimum absolute atomic E-state index is 0. The van der Waals surface area contributed by atoms with Crippen molar-refractivity contribution in [3.05, 3.63) is 0 Å². The van der Waals surface area contributed by atoms with Crippen molar-refractivity contribution in [2.45, 2.75) is 25.8 Å². The Labute approximate surface area is 122 Å². The quantitative estimate of drug-likeness (QED) is 0.784. The lowest BCUT2D eigenvalue weighted by molar-refractivity contribution is -0.139. The molecule has 0 saturated carbocycles. The zero-order valence-electron chi connectivity index (χ0n) is 11.2. The maximum absolute atomic E-state index is 12.3. The molecule has 4 nitrogen and oxygen atoms in total. The number of hydrogen-bond acceptors (Lipinski definition) is 3. The van der Waals surface area contributed by atoms with Gasteiger partial charge in [0, 0.05) is 31.6 Å². The summed E-state index contributed by atoms with van der Waals surface area (Å²) in [6, 6.07) is 0.362. The summed E-state index contributed by atoms with van der Waals surface area (Å²) in [5, 5.41) is 3.33. The molecule has 2 rings (SSSR count). The van der Waals surface area contributed by atoms with Crippen LogP contribution in [0.5, 0.6) is 0 Å². The van der Waals surface area contributed by atoms with Crippen LogP contribution in [0.1, 0.15) is 19.8 Å². The Bertz CT molecular complexity index is 258. The van der Waals surface area contributed by atoms with E-state index in [1.54, 1.807) is 0 Å². The van der Waals surface area contributed by atoms with Crippen LogP contribution in [0.4, 0.5) is 0 Å². The largest absolute Gasteiger partial charge is 0.337 e. The van der Waals surface area contributed by atoms with Gasteiger partial charge in [0.15, 0.2) is 0 Å². The molecule has 1 amide bonds. The van der Waals surface area contributed by atoms with Crippen LogP contribution in [0, 0.1) is 5.92 Å². The highest BCUT2D eigenvalue weighted by Crippen LogP contribution is 2.20. The summed E-state index contributed by atoms with van der Waals surface area (Å²) in [4.78, 5) is 16.7. The first-order valence-corrected chi connectivity index (χ1v) is 6.38. The Morgan fingerprint density at radius 3 is 2.33 bits per heavy atom. The molecule has 1 atom stereocenters. The number of piperazine rings is 1. The number of rotatable bonds is 1. The Morgan fingerprint density at radius 2 is 1.78 bits per heavy atom. The SMILES string of the molecule is C[C@H]1CNCCN1C(=O)C1CCN(C)CC1.Cl.Cl. The molecule has 6 heteroatoms. The second kappa shape index (κ2) is 8.20. The molecule has 1 N–H and O–H groups in total. The fourth-order valence-electron chi connectivity index (χ4n) is 2.66. The van der Waals surface area contributed by atoms with E-state index in [2.05, 4.69) is 29.1 Å². The molecule has 2 aliphatic heterocycles. The van der Waals surface area contributed by atoms with E-state index in [9.17, 15) is 4.79 Å². The second-order valence-corrected chi connectivity index (χ2v) is 5.16. The summed E-state index contributed by atoms with van der Waals surface area (Å²) in [7, 11) is 2.13. The van der Waals surface area contributed by atoms with Crippen LogP contribution < -0.4 is 5.32 Å². The van der Waals surface area contributed by atoms with Gasteiger partial charge in [0.2, 0.25) is 5.91 Å². The lowest BCUT2D eigenvalue weighted by atomic mass is 9.94.